The minimum Gasteiger partial charge on any atom is -0.504 e. The molecule has 1 aromatic heterocycles. The number of rotatable bonds is 3. The largest absolute Gasteiger partial charge is 0.504 e. The summed E-state index contributed by atoms with van der Waals surface area (Å²) < 4.78 is 1.05. The van der Waals surface area contributed by atoms with Gasteiger partial charge >= 0.3 is 0 Å². The quantitative estimate of drug-likeness (QED) is 0.586. The SMILES string of the molecule is CO/N=C(\c1c(O)c(Cl)nn(C)c1=O)c1cccc2ccccc12. The first kappa shape index (κ1) is 16.0. The number of aromatic nitrogens is 2. The number of fused-ring (bicyclic) bond motifs is 1. The molecule has 2 aromatic carbocycles. The molecule has 0 saturated heterocycles. The zero-order valence-corrected chi connectivity index (χ0v) is 13.8. The molecule has 1 N–H and O–H groups in total. The Bertz CT molecular complexity index is 1010. The fraction of sp³-hybridized carbons (Fsp3) is 0.118. The van der Waals surface area contributed by atoms with Crippen LogP contribution in [0.15, 0.2) is 52.4 Å². The van der Waals surface area contributed by atoms with Gasteiger partial charge in [-0.15, -0.1) is 0 Å². The van der Waals surface area contributed by atoms with E-state index in [1.807, 2.05) is 36.4 Å². The molecule has 0 fully saturated rings. The molecule has 0 aliphatic rings. The Labute approximate surface area is 142 Å². The third-order valence-corrected chi connectivity index (χ3v) is 3.90. The maximum atomic E-state index is 12.5. The normalized spacial score (nSPS) is 11.7. The molecule has 3 rings (SSSR count). The smallest absolute Gasteiger partial charge is 0.279 e. The number of aryl methyl sites for hydroxylation is 1. The average molecular weight is 344 g/mol. The van der Waals surface area contributed by atoms with Gasteiger partial charge < -0.3 is 9.94 Å². The molecular weight excluding hydrogens is 330 g/mol. The Balaban J connectivity index is 2.39. The van der Waals surface area contributed by atoms with Crippen molar-refractivity contribution in [1.29, 1.82) is 0 Å². The monoisotopic (exact) mass is 343 g/mol. The molecule has 0 aliphatic heterocycles. The van der Waals surface area contributed by atoms with Crippen LogP contribution >= 0.6 is 11.6 Å². The van der Waals surface area contributed by atoms with E-state index < -0.39 is 11.3 Å². The van der Waals surface area contributed by atoms with Crippen molar-refractivity contribution in [2.45, 2.75) is 0 Å². The van der Waals surface area contributed by atoms with Gasteiger partial charge in [0.2, 0.25) is 0 Å². The van der Waals surface area contributed by atoms with Gasteiger partial charge in [0.05, 0.1) is 0 Å². The molecule has 7 heteroatoms. The molecule has 0 spiro atoms. The average Bonchev–Trinajstić information content (AvgIpc) is 2.59. The lowest BCUT2D eigenvalue weighted by molar-refractivity contribution is 0.214. The second-order valence-corrected chi connectivity index (χ2v) is 5.45. The van der Waals surface area contributed by atoms with E-state index in [4.69, 9.17) is 16.4 Å². The van der Waals surface area contributed by atoms with Crippen LogP contribution in [0, 0.1) is 0 Å². The maximum absolute atomic E-state index is 12.5. The first-order valence-corrected chi connectivity index (χ1v) is 7.47. The lowest BCUT2D eigenvalue weighted by Gasteiger charge is -2.12. The van der Waals surface area contributed by atoms with Crippen LogP contribution in [0.1, 0.15) is 11.1 Å². The van der Waals surface area contributed by atoms with Gasteiger partial charge in [-0.25, -0.2) is 4.68 Å². The Morgan fingerprint density at radius 2 is 1.96 bits per heavy atom. The zero-order chi connectivity index (χ0) is 17.3. The van der Waals surface area contributed by atoms with Gasteiger partial charge in [0.15, 0.2) is 10.9 Å². The summed E-state index contributed by atoms with van der Waals surface area (Å²) in [5.74, 6) is -0.427. The number of aromatic hydroxyl groups is 1. The fourth-order valence-electron chi connectivity index (χ4n) is 2.56. The van der Waals surface area contributed by atoms with Gasteiger partial charge in [0, 0.05) is 12.6 Å². The van der Waals surface area contributed by atoms with Crippen LogP contribution in [-0.4, -0.2) is 27.7 Å². The van der Waals surface area contributed by atoms with Crippen molar-refractivity contribution in [3.63, 3.8) is 0 Å². The molecule has 6 nitrogen and oxygen atoms in total. The topological polar surface area (TPSA) is 76.7 Å². The van der Waals surface area contributed by atoms with E-state index in [0.29, 0.717) is 5.56 Å². The number of hydrogen-bond acceptors (Lipinski definition) is 5. The summed E-state index contributed by atoms with van der Waals surface area (Å²) in [6, 6.07) is 13.2. The summed E-state index contributed by atoms with van der Waals surface area (Å²) in [5.41, 5.74) is 0.248. The molecule has 0 radical (unpaired) electrons. The standard InChI is InChI=1S/C17H14ClN3O3/c1-21-17(23)13(15(22)16(18)19-21)14(20-24-2)12-9-5-7-10-6-3-4-8-11(10)12/h3-9,22H,1-2H3/b20-14-. The van der Waals surface area contributed by atoms with E-state index in [9.17, 15) is 9.90 Å². The van der Waals surface area contributed by atoms with E-state index in [0.717, 1.165) is 15.5 Å². The second-order valence-electron chi connectivity index (χ2n) is 5.09. The first-order chi connectivity index (χ1) is 11.5. The van der Waals surface area contributed by atoms with Crippen molar-refractivity contribution in [3.05, 3.63) is 69.1 Å². The van der Waals surface area contributed by atoms with Crippen molar-refractivity contribution in [2.24, 2.45) is 12.2 Å². The Kier molecular flexibility index (Phi) is 4.22. The minimum absolute atomic E-state index is 0.0595. The van der Waals surface area contributed by atoms with Crippen LogP contribution in [0.4, 0.5) is 0 Å². The van der Waals surface area contributed by atoms with Crippen LogP contribution in [0.25, 0.3) is 10.8 Å². The highest BCUT2D eigenvalue weighted by atomic mass is 35.5. The van der Waals surface area contributed by atoms with Gasteiger partial charge in [-0.05, 0) is 10.8 Å². The third kappa shape index (κ3) is 2.61. The van der Waals surface area contributed by atoms with E-state index >= 15 is 0 Å². The van der Waals surface area contributed by atoms with Gasteiger partial charge in [-0.3, -0.25) is 4.79 Å². The first-order valence-electron chi connectivity index (χ1n) is 7.10. The Morgan fingerprint density at radius 3 is 2.71 bits per heavy atom. The van der Waals surface area contributed by atoms with Crippen molar-refractivity contribution in [3.8, 4) is 5.75 Å². The molecule has 0 saturated carbocycles. The van der Waals surface area contributed by atoms with Crippen molar-refractivity contribution in [2.75, 3.05) is 7.11 Å². The molecule has 0 aliphatic carbocycles. The lowest BCUT2D eigenvalue weighted by atomic mass is 9.97. The molecule has 1 heterocycles. The summed E-state index contributed by atoms with van der Waals surface area (Å²) in [5, 5.41) is 19.7. The molecule has 0 amide bonds. The van der Waals surface area contributed by atoms with E-state index in [2.05, 4.69) is 10.3 Å². The van der Waals surface area contributed by atoms with Crippen molar-refractivity contribution < 1.29 is 9.94 Å². The van der Waals surface area contributed by atoms with Crippen molar-refractivity contribution in [1.82, 2.24) is 9.78 Å². The Hall–Kier alpha value is -2.86. The zero-order valence-electron chi connectivity index (χ0n) is 13.0. The summed E-state index contributed by atoms with van der Waals surface area (Å²) in [6.07, 6.45) is 0. The molecule has 0 unspecified atom stereocenters. The van der Waals surface area contributed by atoms with Crippen LogP contribution in [-0.2, 0) is 11.9 Å². The van der Waals surface area contributed by atoms with Gasteiger partial charge in [-0.2, -0.15) is 5.10 Å². The minimum atomic E-state index is -0.527. The van der Waals surface area contributed by atoms with E-state index in [-0.39, 0.29) is 16.4 Å². The third-order valence-electron chi connectivity index (χ3n) is 3.64. The summed E-state index contributed by atoms with van der Waals surface area (Å²) in [6.45, 7) is 0. The predicted octanol–water partition coefficient (Wildman–Crippen LogP) is 2.69. The lowest BCUT2D eigenvalue weighted by Crippen LogP contribution is -2.27. The second kappa shape index (κ2) is 6.33. The molecule has 3 aromatic rings. The molecule has 0 bridgehead atoms. The highest BCUT2D eigenvalue weighted by Crippen LogP contribution is 2.27. The molecule has 0 atom stereocenters. The van der Waals surface area contributed by atoms with Gasteiger partial charge in [0.1, 0.15) is 18.4 Å². The molecule has 24 heavy (non-hydrogen) atoms. The summed E-state index contributed by atoms with van der Waals surface area (Å²) in [7, 11) is 2.82. The predicted molar refractivity (Wildman–Crippen MR) is 92.7 cm³/mol. The maximum Gasteiger partial charge on any atom is 0.279 e. The number of oxime groups is 1. The van der Waals surface area contributed by atoms with Gasteiger partial charge in [0.25, 0.3) is 5.56 Å². The van der Waals surface area contributed by atoms with Gasteiger partial charge in [-0.1, -0.05) is 59.2 Å². The van der Waals surface area contributed by atoms with E-state index in [1.165, 1.54) is 14.2 Å². The summed E-state index contributed by atoms with van der Waals surface area (Å²) in [4.78, 5) is 17.4. The van der Waals surface area contributed by atoms with Crippen LogP contribution < -0.4 is 5.56 Å². The van der Waals surface area contributed by atoms with Crippen LogP contribution in [0.5, 0.6) is 5.75 Å². The molecule has 122 valence electrons. The number of benzene rings is 2. The number of nitrogens with zero attached hydrogens (tertiary/aromatic N) is 3. The highest BCUT2D eigenvalue weighted by Gasteiger charge is 2.23. The fourth-order valence-corrected chi connectivity index (χ4v) is 2.76. The van der Waals surface area contributed by atoms with E-state index in [1.54, 1.807) is 6.07 Å². The highest BCUT2D eigenvalue weighted by molar-refractivity contribution is 6.32. The van der Waals surface area contributed by atoms with Crippen molar-refractivity contribution >= 4 is 28.1 Å². The van der Waals surface area contributed by atoms with Crippen LogP contribution in [0.3, 0.4) is 0 Å². The summed E-state index contributed by atoms with van der Waals surface area (Å²) >= 11 is 5.92. The molecular formula is C17H14ClN3O3. The number of halogens is 1. The van der Waals surface area contributed by atoms with Crippen LogP contribution in [0.2, 0.25) is 5.15 Å². The number of hydrogen-bond donors (Lipinski definition) is 1. The Morgan fingerprint density at radius 1 is 1.25 bits per heavy atom.